The van der Waals surface area contributed by atoms with Crippen LogP contribution in [0.4, 0.5) is 0 Å². The molecule has 4 aromatic rings. The molecule has 0 amide bonds. The average molecular weight is 423 g/mol. The number of esters is 1. The number of aromatic nitrogens is 2. The third-order valence-electron chi connectivity index (χ3n) is 5.39. The lowest BCUT2D eigenvalue weighted by molar-refractivity contribution is -0.136. The number of fused-ring (bicyclic) bond motifs is 1. The van der Waals surface area contributed by atoms with Gasteiger partial charge >= 0.3 is 5.97 Å². The van der Waals surface area contributed by atoms with E-state index in [0.29, 0.717) is 18.1 Å². The van der Waals surface area contributed by atoms with Crippen LogP contribution in [0.5, 0.6) is 0 Å². The van der Waals surface area contributed by atoms with Crippen molar-refractivity contribution in [2.75, 3.05) is 6.61 Å². The second kappa shape index (κ2) is 9.56. The van der Waals surface area contributed by atoms with Crippen LogP contribution >= 0.6 is 0 Å². The van der Waals surface area contributed by atoms with Crippen molar-refractivity contribution in [1.82, 2.24) is 9.97 Å². The number of hydrogen-bond acceptors (Lipinski definition) is 4. The highest BCUT2D eigenvalue weighted by Crippen LogP contribution is 2.32. The molecule has 0 saturated heterocycles. The van der Waals surface area contributed by atoms with E-state index in [4.69, 9.17) is 4.74 Å². The molecule has 0 aliphatic carbocycles. The van der Waals surface area contributed by atoms with Crippen molar-refractivity contribution in [2.45, 2.75) is 26.7 Å². The Hall–Kier alpha value is -3.79. The van der Waals surface area contributed by atoms with Crippen molar-refractivity contribution in [2.24, 2.45) is 0 Å². The fourth-order valence-electron chi connectivity index (χ4n) is 3.73. The lowest BCUT2D eigenvalue weighted by Crippen LogP contribution is -2.07. The predicted octanol–water partition coefficient (Wildman–Crippen LogP) is 6.52. The van der Waals surface area contributed by atoms with Crippen LogP contribution in [0, 0.1) is 0 Å². The van der Waals surface area contributed by atoms with Gasteiger partial charge in [0.05, 0.1) is 17.7 Å². The van der Waals surface area contributed by atoms with E-state index in [1.807, 2.05) is 49.5 Å². The Labute approximate surface area is 188 Å². The number of carbonyl (C=O) groups excluding carboxylic acids is 1. The van der Waals surface area contributed by atoms with Crippen LogP contribution in [-0.2, 0) is 9.53 Å². The largest absolute Gasteiger partial charge is 0.462 e. The van der Waals surface area contributed by atoms with Gasteiger partial charge in [0.1, 0.15) is 0 Å². The fraction of sp³-hybridized carbons (Fsp3) is 0.179. The van der Waals surface area contributed by atoms with Crippen molar-refractivity contribution in [3.63, 3.8) is 0 Å². The van der Waals surface area contributed by atoms with Crippen LogP contribution in [0.2, 0.25) is 0 Å². The Morgan fingerprint density at radius 1 is 1.00 bits per heavy atom. The van der Waals surface area contributed by atoms with Gasteiger partial charge in [-0.3, -0.25) is 9.97 Å². The van der Waals surface area contributed by atoms with Gasteiger partial charge in [0.25, 0.3) is 0 Å². The number of ether oxygens (including phenoxy) is 1. The first-order valence-electron chi connectivity index (χ1n) is 10.8. The zero-order chi connectivity index (χ0) is 22.5. The van der Waals surface area contributed by atoms with E-state index >= 15 is 0 Å². The summed E-state index contributed by atoms with van der Waals surface area (Å²) in [5, 5.41) is 1.12. The molecule has 2 heterocycles. The quantitative estimate of drug-likeness (QED) is 0.262. The summed E-state index contributed by atoms with van der Waals surface area (Å²) in [6.45, 7) is 6.52. The van der Waals surface area contributed by atoms with Crippen LogP contribution in [0.15, 0.2) is 79.3 Å². The first kappa shape index (κ1) is 21.4. The van der Waals surface area contributed by atoms with Crippen molar-refractivity contribution >= 4 is 28.5 Å². The Bertz CT molecular complexity index is 1280. The van der Waals surface area contributed by atoms with Crippen molar-refractivity contribution in [3.05, 3.63) is 95.9 Å². The zero-order valence-corrected chi connectivity index (χ0v) is 18.6. The monoisotopic (exact) mass is 422 g/mol. The van der Waals surface area contributed by atoms with E-state index in [1.165, 1.54) is 5.56 Å². The van der Waals surface area contributed by atoms with Crippen LogP contribution in [0.25, 0.3) is 33.7 Å². The van der Waals surface area contributed by atoms with Gasteiger partial charge in [0, 0.05) is 29.5 Å². The molecule has 2 aromatic carbocycles. The Morgan fingerprint density at radius 2 is 1.81 bits per heavy atom. The van der Waals surface area contributed by atoms with Crippen LogP contribution < -0.4 is 0 Å². The number of rotatable bonds is 6. The highest BCUT2D eigenvalue weighted by molar-refractivity contribution is 6.21. The summed E-state index contributed by atoms with van der Waals surface area (Å²) in [7, 11) is 0. The molecule has 0 aliphatic rings. The summed E-state index contributed by atoms with van der Waals surface area (Å²) in [5.41, 5.74) is 6.58. The summed E-state index contributed by atoms with van der Waals surface area (Å²) in [6, 6.07) is 20.3. The molecule has 0 spiro atoms. The van der Waals surface area contributed by atoms with Crippen molar-refractivity contribution < 1.29 is 9.53 Å². The molecule has 0 atom stereocenters. The minimum Gasteiger partial charge on any atom is -0.462 e. The minimum atomic E-state index is -0.349. The van der Waals surface area contributed by atoms with Gasteiger partial charge in [-0.15, -0.1) is 0 Å². The van der Waals surface area contributed by atoms with Gasteiger partial charge in [0.15, 0.2) is 0 Å². The SMILES string of the molecule is CCOC(=O)/C(=C/c1cccc(-c2cc(C(C)C)cc3cccnc23)c1)c1ccncc1. The molecule has 0 saturated carbocycles. The van der Waals surface area contributed by atoms with Gasteiger partial charge in [0.2, 0.25) is 0 Å². The fourth-order valence-corrected chi connectivity index (χ4v) is 3.73. The van der Waals surface area contributed by atoms with Gasteiger partial charge in [-0.05, 0) is 77.6 Å². The summed E-state index contributed by atoms with van der Waals surface area (Å²) < 4.78 is 5.31. The van der Waals surface area contributed by atoms with Crippen LogP contribution in [0.1, 0.15) is 43.4 Å². The molecule has 0 unspecified atom stereocenters. The topological polar surface area (TPSA) is 52.1 Å². The van der Waals surface area contributed by atoms with E-state index in [0.717, 1.165) is 33.2 Å². The number of carbonyl (C=O) groups is 1. The smallest absolute Gasteiger partial charge is 0.338 e. The second-order valence-corrected chi connectivity index (χ2v) is 7.94. The van der Waals surface area contributed by atoms with Crippen LogP contribution in [-0.4, -0.2) is 22.5 Å². The summed E-state index contributed by atoms with van der Waals surface area (Å²) >= 11 is 0. The normalized spacial score (nSPS) is 11.7. The zero-order valence-electron chi connectivity index (χ0n) is 18.6. The van der Waals surface area contributed by atoms with E-state index in [2.05, 4.69) is 54.1 Å². The van der Waals surface area contributed by atoms with Crippen molar-refractivity contribution in [3.8, 4) is 11.1 Å². The maximum atomic E-state index is 12.7. The molecule has 0 bridgehead atoms. The minimum absolute atomic E-state index is 0.320. The van der Waals surface area contributed by atoms with Crippen LogP contribution in [0.3, 0.4) is 0 Å². The number of pyridine rings is 2. The lowest BCUT2D eigenvalue weighted by atomic mass is 9.93. The standard InChI is InChI=1S/C28H26N2O2/c1-4-32-28(31)26(21-10-13-29-14-11-21)16-20-7-5-8-22(15-20)25-18-24(19(2)3)17-23-9-6-12-30-27(23)25/h5-19H,4H2,1-3H3/b26-16+. The molecule has 0 radical (unpaired) electrons. The molecular formula is C28H26N2O2. The first-order valence-corrected chi connectivity index (χ1v) is 10.8. The molecule has 4 nitrogen and oxygen atoms in total. The third kappa shape index (κ3) is 4.59. The number of nitrogens with zero attached hydrogens (tertiary/aromatic N) is 2. The lowest BCUT2D eigenvalue weighted by Gasteiger charge is -2.13. The highest BCUT2D eigenvalue weighted by atomic mass is 16.5. The Morgan fingerprint density at radius 3 is 2.56 bits per heavy atom. The Balaban J connectivity index is 1.84. The summed E-state index contributed by atoms with van der Waals surface area (Å²) in [5.74, 6) is 0.0570. The van der Waals surface area contributed by atoms with Gasteiger partial charge in [-0.1, -0.05) is 38.1 Å². The predicted molar refractivity (Wildman–Crippen MR) is 130 cm³/mol. The molecule has 2 aromatic heterocycles. The average Bonchev–Trinajstić information content (AvgIpc) is 2.82. The molecule has 0 aliphatic heterocycles. The molecule has 4 rings (SSSR count). The van der Waals surface area contributed by atoms with Gasteiger partial charge < -0.3 is 4.74 Å². The molecule has 32 heavy (non-hydrogen) atoms. The maximum Gasteiger partial charge on any atom is 0.338 e. The number of hydrogen-bond donors (Lipinski definition) is 0. The Kier molecular flexibility index (Phi) is 6.41. The molecular weight excluding hydrogens is 396 g/mol. The summed E-state index contributed by atoms with van der Waals surface area (Å²) in [4.78, 5) is 21.4. The third-order valence-corrected chi connectivity index (χ3v) is 5.39. The van der Waals surface area contributed by atoms with E-state index in [-0.39, 0.29) is 5.97 Å². The molecule has 4 heteroatoms. The molecule has 0 fully saturated rings. The van der Waals surface area contributed by atoms with Gasteiger partial charge in [-0.25, -0.2) is 4.79 Å². The first-order chi connectivity index (χ1) is 15.6. The maximum absolute atomic E-state index is 12.7. The van der Waals surface area contributed by atoms with E-state index < -0.39 is 0 Å². The molecule has 0 N–H and O–H groups in total. The highest BCUT2D eigenvalue weighted by Gasteiger charge is 2.14. The van der Waals surface area contributed by atoms with E-state index in [9.17, 15) is 4.79 Å². The van der Waals surface area contributed by atoms with Crippen molar-refractivity contribution in [1.29, 1.82) is 0 Å². The summed E-state index contributed by atoms with van der Waals surface area (Å²) in [6.07, 6.45) is 7.05. The molecule has 160 valence electrons. The number of benzene rings is 2. The second-order valence-electron chi connectivity index (χ2n) is 7.94. The van der Waals surface area contributed by atoms with E-state index in [1.54, 1.807) is 12.4 Å². The van der Waals surface area contributed by atoms with Gasteiger partial charge in [-0.2, -0.15) is 0 Å².